The van der Waals surface area contributed by atoms with Gasteiger partial charge in [0.15, 0.2) is 0 Å². The topological polar surface area (TPSA) is 20.2 Å². The van der Waals surface area contributed by atoms with Crippen molar-refractivity contribution in [3.8, 4) is 0 Å². The molecule has 1 rings (SSSR count). The predicted molar refractivity (Wildman–Crippen MR) is 42.8 cm³/mol. The largest absolute Gasteiger partial charge is 0.390 e. The fourth-order valence-corrected chi connectivity index (χ4v) is 1.61. The molecule has 1 aliphatic rings. The Labute approximate surface area is 63.4 Å². The minimum Gasteiger partial charge on any atom is -0.390 e. The van der Waals surface area contributed by atoms with E-state index in [1.807, 2.05) is 6.92 Å². The number of rotatable bonds is 0. The van der Waals surface area contributed by atoms with Gasteiger partial charge in [0.05, 0.1) is 5.60 Å². The highest BCUT2D eigenvalue weighted by Crippen LogP contribution is 2.47. The summed E-state index contributed by atoms with van der Waals surface area (Å²) in [7, 11) is 0. The van der Waals surface area contributed by atoms with Crippen molar-refractivity contribution in [1.29, 1.82) is 0 Å². The van der Waals surface area contributed by atoms with Crippen LogP contribution in [0.5, 0.6) is 0 Å². The molecule has 1 nitrogen and oxygen atoms in total. The van der Waals surface area contributed by atoms with Crippen molar-refractivity contribution in [2.24, 2.45) is 11.3 Å². The lowest BCUT2D eigenvalue weighted by atomic mass is 9.61. The highest BCUT2D eigenvalue weighted by Gasteiger charge is 2.43. The Morgan fingerprint density at radius 1 is 1.30 bits per heavy atom. The smallest absolute Gasteiger partial charge is 0.0625 e. The molecule has 0 spiro atoms. The van der Waals surface area contributed by atoms with Gasteiger partial charge in [0.2, 0.25) is 0 Å². The Hall–Kier alpha value is -0.0400. The molecule has 1 heteroatoms. The molecular weight excluding hydrogens is 124 g/mol. The van der Waals surface area contributed by atoms with Gasteiger partial charge < -0.3 is 5.11 Å². The lowest BCUT2D eigenvalue weighted by molar-refractivity contribution is -0.0918. The van der Waals surface area contributed by atoms with Crippen molar-refractivity contribution < 1.29 is 5.11 Å². The summed E-state index contributed by atoms with van der Waals surface area (Å²) >= 11 is 0. The van der Waals surface area contributed by atoms with Gasteiger partial charge in [-0.05, 0) is 31.1 Å². The Morgan fingerprint density at radius 2 is 1.70 bits per heavy atom. The van der Waals surface area contributed by atoms with Crippen LogP contribution in [0.2, 0.25) is 0 Å². The number of hydrogen-bond donors (Lipinski definition) is 1. The maximum absolute atomic E-state index is 9.45. The standard InChI is InChI=1S/C9H18O/c1-8(2,3)7-5-9(4,10)6-7/h7,10H,5-6H2,1-4H3. The normalized spacial score (nSPS) is 41.1. The zero-order valence-electron chi connectivity index (χ0n) is 7.44. The van der Waals surface area contributed by atoms with E-state index >= 15 is 0 Å². The van der Waals surface area contributed by atoms with Crippen LogP contribution in [0.15, 0.2) is 0 Å². The molecule has 1 aliphatic carbocycles. The lowest BCUT2D eigenvalue weighted by Crippen LogP contribution is -2.46. The molecule has 0 aromatic heterocycles. The summed E-state index contributed by atoms with van der Waals surface area (Å²) in [5, 5.41) is 9.45. The van der Waals surface area contributed by atoms with Gasteiger partial charge in [-0.25, -0.2) is 0 Å². The molecular formula is C9H18O. The van der Waals surface area contributed by atoms with Crippen LogP contribution in [-0.4, -0.2) is 10.7 Å². The molecule has 0 saturated heterocycles. The van der Waals surface area contributed by atoms with E-state index in [2.05, 4.69) is 20.8 Å². The van der Waals surface area contributed by atoms with Crippen molar-refractivity contribution in [3.63, 3.8) is 0 Å². The lowest BCUT2D eigenvalue weighted by Gasteiger charge is -2.47. The first-order chi connectivity index (χ1) is 4.31. The monoisotopic (exact) mass is 142 g/mol. The summed E-state index contributed by atoms with van der Waals surface area (Å²) < 4.78 is 0. The number of aliphatic hydroxyl groups is 1. The quantitative estimate of drug-likeness (QED) is 0.549. The van der Waals surface area contributed by atoms with Crippen molar-refractivity contribution in [2.45, 2.75) is 46.1 Å². The van der Waals surface area contributed by atoms with Crippen molar-refractivity contribution in [1.82, 2.24) is 0 Å². The van der Waals surface area contributed by atoms with E-state index in [1.54, 1.807) is 0 Å². The van der Waals surface area contributed by atoms with Crippen LogP contribution in [0.4, 0.5) is 0 Å². The summed E-state index contributed by atoms with van der Waals surface area (Å²) in [6.45, 7) is 8.65. The van der Waals surface area contributed by atoms with Gasteiger partial charge in [-0.15, -0.1) is 0 Å². The summed E-state index contributed by atoms with van der Waals surface area (Å²) in [4.78, 5) is 0. The molecule has 0 radical (unpaired) electrons. The van der Waals surface area contributed by atoms with Crippen LogP contribution in [0.3, 0.4) is 0 Å². The van der Waals surface area contributed by atoms with E-state index < -0.39 is 0 Å². The van der Waals surface area contributed by atoms with Gasteiger partial charge in [-0.3, -0.25) is 0 Å². The molecule has 0 bridgehead atoms. The molecule has 1 saturated carbocycles. The van der Waals surface area contributed by atoms with Crippen molar-refractivity contribution in [2.75, 3.05) is 0 Å². The summed E-state index contributed by atoms with van der Waals surface area (Å²) in [6.07, 6.45) is 1.97. The summed E-state index contributed by atoms with van der Waals surface area (Å²) in [6, 6.07) is 0. The number of hydrogen-bond acceptors (Lipinski definition) is 1. The first-order valence-corrected chi connectivity index (χ1v) is 4.04. The second-order valence-electron chi connectivity index (χ2n) is 4.97. The second-order valence-corrected chi connectivity index (χ2v) is 4.97. The van der Waals surface area contributed by atoms with E-state index in [0.29, 0.717) is 5.41 Å². The third-order valence-corrected chi connectivity index (χ3v) is 2.60. The highest BCUT2D eigenvalue weighted by molar-refractivity contribution is 4.95. The Bertz CT molecular complexity index is 122. The van der Waals surface area contributed by atoms with E-state index in [9.17, 15) is 5.11 Å². The first-order valence-electron chi connectivity index (χ1n) is 4.04. The fraction of sp³-hybridized carbons (Fsp3) is 1.00. The predicted octanol–water partition coefficient (Wildman–Crippen LogP) is 2.19. The van der Waals surface area contributed by atoms with Crippen LogP contribution < -0.4 is 0 Å². The minimum absolute atomic E-state index is 0.349. The average Bonchev–Trinajstić information content (AvgIpc) is 1.56. The van der Waals surface area contributed by atoms with E-state index in [0.717, 1.165) is 18.8 Å². The maximum atomic E-state index is 9.45. The Kier molecular flexibility index (Phi) is 1.59. The molecule has 1 N–H and O–H groups in total. The molecule has 10 heavy (non-hydrogen) atoms. The van der Waals surface area contributed by atoms with E-state index in [-0.39, 0.29) is 5.60 Å². The molecule has 0 amide bonds. The fourth-order valence-electron chi connectivity index (χ4n) is 1.61. The first kappa shape index (κ1) is 8.06. The highest BCUT2D eigenvalue weighted by atomic mass is 16.3. The Morgan fingerprint density at radius 3 is 1.80 bits per heavy atom. The zero-order valence-corrected chi connectivity index (χ0v) is 7.44. The van der Waals surface area contributed by atoms with Gasteiger partial charge in [0, 0.05) is 0 Å². The van der Waals surface area contributed by atoms with Gasteiger partial charge in [0.25, 0.3) is 0 Å². The minimum atomic E-state index is -0.349. The molecule has 0 aromatic carbocycles. The van der Waals surface area contributed by atoms with Crippen molar-refractivity contribution >= 4 is 0 Å². The van der Waals surface area contributed by atoms with E-state index in [1.165, 1.54) is 0 Å². The van der Waals surface area contributed by atoms with Gasteiger partial charge >= 0.3 is 0 Å². The third kappa shape index (κ3) is 1.51. The van der Waals surface area contributed by atoms with Crippen LogP contribution >= 0.6 is 0 Å². The average molecular weight is 142 g/mol. The molecule has 0 aliphatic heterocycles. The molecule has 60 valence electrons. The van der Waals surface area contributed by atoms with E-state index in [4.69, 9.17) is 0 Å². The molecule has 0 unspecified atom stereocenters. The summed E-state index contributed by atoms with van der Waals surface area (Å²) in [5.41, 5.74) is 0.0419. The van der Waals surface area contributed by atoms with Crippen LogP contribution in [0.25, 0.3) is 0 Å². The SMILES string of the molecule is CC1(O)CC(C(C)(C)C)C1. The van der Waals surface area contributed by atoms with Crippen LogP contribution in [0, 0.1) is 11.3 Å². The Balaban J connectivity index is 2.40. The second kappa shape index (κ2) is 1.97. The maximum Gasteiger partial charge on any atom is 0.0625 e. The zero-order chi connectivity index (χ0) is 7.99. The van der Waals surface area contributed by atoms with Gasteiger partial charge in [-0.2, -0.15) is 0 Å². The third-order valence-electron chi connectivity index (χ3n) is 2.60. The van der Waals surface area contributed by atoms with Crippen molar-refractivity contribution in [3.05, 3.63) is 0 Å². The molecule has 0 atom stereocenters. The van der Waals surface area contributed by atoms with Gasteiger partial charge in [-0.1, -0.05) is 20.8 Å². The molecule has 1 fully saturated rings. The molecule has 0 aromatic rings. The van der Waals surface area contributed by atoms with Crippen LogP contribution in [0.1, 0.15) is 40.5 Å². The summed E-state index contributed by atoms with van der Waals surface area (Å²) in [5.74, 6) is 0.725. The molecule has 0 heterocycles. The van der Waals surface area contributed by atoms with Gasteiger partial charge in [0.1, 0.15) is 0 Å². The van der Waals surface area contributed by atoms with Crippen LogP contribution in [-0.2, 0) is 0 Å².